The number of nitrogens with zero attached hydrogens (tertiary/aromatic N) is 12. The van der Waals surface area contributed by atoms with Gasteiger partial charge in [-0.15, -0.1) is 0 Å². The van der Waals surface area contributed by atoms with Gasteiger partial charge in [0.2, 0.25) is 50.8 Å². The lowest BCUT2D eigenvalue weighted by molar-refractivity contribution is -0.155. The van der Waals surface area contributed by atoms with Crippen molar-refractivity contribution in [2.24, 2.45) is 52.7 Å². The van der Waals surface area contributed by atoms with Crippen molar-refractivity contribution in [1.82, 2.24) is 14.7 Å². The van der Waals surface area contributed by atoms with E-state index in [0.717, 1.165) is 0 Å². The molecule has 42 heteroatoms. The summed E-state index contributed by atoms with van der Waals surface area (Å²) in [5, 5.41) is 163. The second-order valence-corrected chi connectivity index (χ2v) is 30.8. The molecule has 0 aliphatic heterocycles. The van der Waals surface area contributed by atoms with Gasteiger partial charge in [-0.1, -0.05) is 0 Å². The molecule has 3 fully saturated rings. The predicted octanol–water partition coefficient (Wildman–Crippen LogP) is -0.450. The van der Waals surface area contributed by atoms with Crippen LogP contribution in [-0.2, 0) is 72.8 Å². The van der Waals surface area contributed by atoms with Crippen molar-refractivity contribution in [1.29, 1.82) is 16.2 Å². The first-order valence-electron chi connectivity index (χ1n) is 36.7. The minimum atomic E-state index is -5.17. The highest BCUT2D eigenvalue weighted by molar-refractivity contribution is 7.79. The maximum absolute atomic E-state index is 13.9. The molecular formula is C75H90ClN15O25S. The summed E-state index contributed by atoms with van der Waals surface area (Å²) in [6.07, 6.45) is 0.446. The molecule has 3 aromatic rings. The minimum Gasteiger partial charge on any atom is -1.00 e. The van der Waals surface area contributed by atoms with Crippen molar-refractivity contribution in [3.63, 3.8) is 0 Å². The molecule has 0 aromatic heterocycles. The first-order valence-corrected chi connectivity index (χ1v) is 38.0. The summed E-state index contributed by atoms with van der Waals surface area (Å²) in [5.74, 6) is -22.1. The van der Waals surface area contributed by atoms with Crippen LogP contribution in [0.2, 0.25) is 0 Å². The third kappa shape index (κ3) is 14.3. The number of carbonyl (C=O) groups excluding carboxylic acids is 9. The summed E-state index contributed by atoms with van der Waals surface area (Å²) < 4.78 is 34.1. The van der Waals surface area contributed by atoms with Crippen LogP contribution in [0.4, 0.5) is 34.1 Å². The Kier molecular flexibility index (Phi) is 25.7. The number of fused-ring (bicyclic) bond motifs is 9. The van der Waals surface area contributed by atoms with Gasteiger partial charge in [-0.05, 0) is 157 Å². The SMILES string of the molecule is CCN(CC)c1cc([N+]#N)c(O)c2c1CC1CC3C(N(C)C)C(=O)C(C(N)=O)=C(O)C3(O)C(=O)C1=C2O.CCN(CC)c1cc([N+]#N)c(O)c2c1CC1CC3C(N(C)C)C(=O)C(C(N)=O)=C(O)C3(O)C(=O)C1=C2O.CCN(CC)c1cc([N+]#N)c(O)c2c1CC1CC3C(N(C)C)C(=O)C(C(N)=O)=C(O)C3(O)C(=O)C1=C2O.O=S(=O)([O-])[O-].[Cl-]. The number of nitrogens with two attached hydrogens (primary N) is 3. The van der Waals surface area contributed by atoms with Crippen LogP contribution in [0.1, 0.15) is 94.2 Å². The highest BCUT2D eigenvalue weighted by Gasteiger charge is 2.68. The van der Waals surface area contributed by atoms with E-state index in [4.69, 9.17) is 34.7 Å². The van der Waals surface area contributed by atoms with Crippen LogP contribution in [0.5, 0.6) is 17.2 Å². The first-order chi connectivity index (χ1) is 54.1. The molecule has 0 spiro atoms. The molecule has 0 saturated heterocycles. The Morgan fingerprint density at radius 3 is 0.795 bits per heavy atom. The Hall–Kier alpha value is -11.7. The number of amides is 3. The summed E-state index contributed by atoms with van der Waals surface area (Å²) in [4.78, 5) is 137. The number of phenols is 3. The molecule has 9 aliphatic rings. The summed E-state index contributed by atoms with van der Waals surface area (Å²) in [6.45, 7) is 14.8. The summed E-state index contributed by atoms with van der Waals surface area (Å²) >= 11 is 0. The summed E-state index contributed by atoms with van der Waals surface area (Å²) in [7, 11) is 4.11. The Morgan fingerprint density at radius 2 is 0.632 bits per heavy atom. The van der Waals surface area contributed by atoms with Gasteiger partial charge in [-0.25, -0.2) is 0 Å². The van der Waals surface area contributed by atoms with Crippen LogP contribution < -0.4 is 44.3 Å². The number of ketones is 6. The van der Waals surface area contributed by atoms with E-state index < -0.39 is 202 Å². The van der Waals surface area contributed by atoms with Gasteiger partial charge in [0.05, 0.1) is 53.0 Å². The number of aromatic hydroxyl groups is 3. The highest BCUT2D eigenvalue weighted by atomic mass is 35.5. The van der Waals surface area contributed by atoms with Gasteiger partial charge in [0.1, 0.15) is 51.3 Å². The second-order valence-electron chi connectivity index (χ2n) is 30.0. The average Bonchev–Trinajstić information content (AvgIpc) is 0.706. The van der Waals surface area contributed by atoms with Gasteiger partial charge in [0.25, 0.3) is 17.7 Å². The number of benzene rings is 3. The van der Waals surface area contributed by atoms with E-state index in [1.165, 1.54) is 32.9 Å². The molecule has 628 valence electrons. The minimum absolute atomic E-state index is 0. The smallest absolute Gasteiger partial charge is 0.428 e. The van der Waals surface area contributed by atoms with Gasteiger partial charge in [-0.2, -0.15) is 0 Å². The number of rotatable bonds is 15. The lowest BCUT2D eigenvalue weighted by Crippen LogP contribution is -3.00. The maximum Gasteiger partial charge on any atom is 0.428 e. The third-order valence-electron chi connectivity index (χ3n) is 23.7. The van der Waals surface area contributed by atoms with Crippen molar-refractivity contribution in [2.45, 2.75) is 115 Å². The standard InChI is InChI=1S/3C25H29N5O7.ClH.H2O4S/c3*1-5-30(6-2)14-9-13(28-27)19(31)16-11(14)7-10-8-12-18(29(3)4)21(33)17(24(26)36)23(35)25(12,37)22(34)15(10)20(16)32;;1-5(2,3)4/h3*9-10,12,18,37H,5-8H2,1-4H3,(H4-,26,31,32,33,34,35,36);1H;(H2,1,2,3,4). The molecule has 3 amide bonds. The van der Waals surface area contributed by atoms with Crippen molar-refractivity contribution in [2.75, 3.05) is 96.3 Å². The molecule has 12 rings (SSSR count). The zero-order valence-electron chi connectivity index (χ0n) is 65.5. The highest BCUT2D eigenvalue weighted by Crippen LogP contribution is 2.60. The third-order valence-corrected chi connectivity index (χ3v) is 23.7. The number of phenolic OH excluding ortho intramolecular Hbond substituents is 3. The molecule has 12 unspecified atom stereocenters. The Balaban J connectivity index is 0.000000212. The number of likely N-dealkylation sites (N-methyl/N-ethyl adjacent to an activating group) is 3. The van der Waals surface area contributed by atoms with Gasteiger partial charge in [0, 0.05) is 101 Å². The molecular weight excluding hydrogens is 1580 g/mol. The zero-order chi connectivity index (χ0) is 87.2. The number of hydrogen-bond acceptors (Lipinski definition) is 34. The van der Waals surface area contributed by atoms with Crippen molar-refractivity contribution in [3.05, 3.63) is 117 Å². The zero-order valence-corrected chi connectivity index (χ0v) is 67.0. The molecule has 0 bridgehead atoms. The number of diazo groups is 3. The van der Waals surface area contributed by atoms with E-state index in [9.17, 15) is 121 Å². The first kappa shape index (κ1) is 90.8. The Labute approximate surface area is 674 Å². The Bertz CT molecular complexity index is 4780. The molecule has 3 aromatic carbocycles. The van der Waals surface area contributed by atoms with Gasteiger partial charge in [0.15, 0.2) is 49.1 Å². The van der Waals surface area contributed by atoms with Crippen LogP contribution in [0, 0.1) is 51.7 Å². The van der Waals surface area contributed by atoms with E-state index in [0.29, 0.717) is 73.0 Å². The quantitative estimate of drug-likeness (QED) is 0.0397. The number of anilines is 3. The van der Waals surface area contributed by atoms with Gasteiger partial charge >= 0.3 is 17.1 Å². The number of aliphatic hydroxyl groups is 9. The number of halogens is 1. The number of carbonyl (C=O) groups is 9. The molecule has 40 nitrogen and oxygen atoms in total. The monoisotopic (exact) mass is 1670 g/mol. The fraction of sp³-hybridized carbons (Fsp3) is 0.480. The lowest BCUT2D eigenvalue weighted by atomic mass is 9.57. The number of Topliss-reactive ketones (excluding diaryl/α,β-unsaturated/α-hetero) is 6. The molecule has 3 saturated carbocycles. The van der Waals surface area contributed by atoms with E-state index in [1.54, 1.807) is 42.3 Å². The topological polar surface area (TPSA) is 659 Å². The van der Waals surface area contributed by atoms with Crippen molar-refractivity contribution < 1.29 is 134 Å². The van der Waals surface area contributed by atoms with E-state index >= 15 is 0 Å². The molecule has 18 N–H and O–H groups in total. The predicted molar refractivity (Wildman–Crippen MR) is 408 cm³/mol. The normalized spacial score (nSPS) is 26.1. The van der Waals surface area contributed by atoms with Crippen LogP contribution in [0.15, 0.2) is 68.9 Å². The Morgan fingerprint density at radius 1 is 0.436 bits per heavy atom. The maximum atomic E-state index is 13.9. The van der Waals surface area contributed by atoms with Crippen LogP contribution >= 0.6 is 0 Å². The van der Waals surface area contributed by atoms with Gasteiger partial charge in [-0.3, -0.25) is 66.3 Å². The summed E-state index contributed by atoms with van der Waals surface area (Å²) in [5.41, 5.74) is 6.78. The molecule has 117 heavy (non-hydrogen) atoms. The molecule has 12 atom stereocenters. The fourth-order valence-electron chi connectivity index (χ4n) is 18.6. The molecule has 0 heterocycles. The van der Waals surface area contributed by atoms with E-state index in [2.05, 4.69) is 14.9 Å². The van der Waals surface area contributed by atoms with Crippen LogP contribution in [0.3, 0.4) is 0 Å². The second kappa shape index (κ2) is 33.1. The average molecular weight is 1670 g/mol. The molecule has 9 aliphatic carbocycles. The van der Waals surface area contributed by atoms with Gasteiger partial charge < -0.3 is 115 Å². The van der Waals surface area contributed by atoms with Crippen molar-refractivity contribution in [3.8, 4) is 17.2 Å². The van der Waals surface area contributed by atoms with Crippen LogP contribution in [0.25, 0.3) is 32.2 Å². The number of primary amides is 3. The van der Waals surface area contributed by atoms with Crippen LogP contribution in [-0.4, -0.2) is 262 Å². The van der Waals surface area contributed by atoms with E-state index in [-0.39, 0.29) is 101 Å². The molecule has 0 radical (unpaired) electrons. The van der Waals surface area contributed by atoms with Crippen molar-refractivity contribution >= 4 is 114 Å². The largest absolute Gasteiger partial charge is 1.00 e. The summed E-state index contributed by atoms with van der Waals surface area (Å²) in [6, 6.07) is 1.01. The number of hydrogen-bond donors (Lipinski definition) is 15. The number of aliphatic hydroxyl groups excluding tert-OH is 6. The lowest BCUT2D eigenvalue weighted by Gasteiger charge is -2.50. The fourth-order valence-corrected chi connectivity index (χ4v) is 18.6. The van der Waals surface area contributed by atoms with E-state index in [1.807, 2.05) is 56.2 Å².